The van der Waals surface area contributed by atoms with Gasteiger partial charge in [0.2, 0.25) is 0 Å². The summed E-state index contributed by atoms with van der Waals surface area (Å²) in [4.78, 5) is 30.5. The van der Waals surface area contributed by atoms with Gasteiger partial charge >= 0.3 is 0 Å². The minimum absolute atomic E-state index is 0.147. The van der Waals surface area contributed by atoms with E-state index in [1.807, 2.05) is 19.9 Å². The van der Waals surface area contributed by atoms with E-state index in [0.29, 0.717) is 17.0 Å². The molecule has 2 amide bonds. The van der Waals surface area contributed by atoms with Crippen LogP contribution in [0, 0.1) is 6.92 Å². The second-order valence-corrected chi connectivity index (χ2v) is 5.85. The van der Waals surface area contributed by atoms with Crippen LogP contribution in [0.5, 0.6) is 0 Å². The van der Waals surface area contributed by atoms with Crippen LogP contribution in [-0.4, -0.2) is 43.1 Å². The second kappa shape index (κ2) is 4.77. The molecule has 1 unspecified atom stereocenters. The topological polar surface area (TPSA) is 83.4 Å². The van der Waals surface area contributed by atoms with Gasteiger partial charge in [-0.05, 0) is 19.1 Å². The maximum Gasteiger partial charge on any atom is 0.261 e. The van der Waals surface area contributed by atoms with Gasteiger partial charge in [-0.2, -0.15) is 4.63 Å². The highest BCUT2D eigenvalue weighted by Crippen LogP contribution is 2.25. The standard InChI is InChI=1S/C16H15N5O2/c1-9(14-17-13-7-10(2)18-21(13)19-14)8-20-15(22)11-5-3-4-6-12(11)16(20)23/h3-7,9,18H,8H2,1-2H3. The number of hydrogen-bond acceptors (Lipinski definition) is 4. The first kappa shape index (κ1) is 13.7. The molecule has 1 atom stereocenters. The highest BCUT2D eigenvalue weighted by molar-refractivity contribution is 6.21. The molecule has 116 valence electrons. The van der Waals surface area contributed by atoms with Crippen LogP contribution in [0.15, 0.2) is 30.3 Å². The van der Waals surface area contributed by atoms with Crippen molar-refractivity contribution in [3.63, 3.8) is 0 Å². The maximum atomic E-state index is 12.4. The summed E-state index contributed by atoms with van der Waals surface area (Å²) in [6, 6.07) is 8.78. The Hall–Kier alpha value is -2.96. The molecule has 3 heterocycles. The van der Waals surface area contributed by atoms with Gasteiger partial charge in [0.15, 0.2) is 11.5 Å². The van der Waals surface area contributed by atoms with Crippen LogP contribution in [0.1, 0.15) is 45.1 Å². The maximum absolute atomic E-state index is 12.4. The first-order valence-electron chi connectivity index (χ1n) is 7.42. The Bertz CT molecular complexity index is 873. The van der Waals surface area contributed by atoms with Gasteiger partial charge in [0.1, 0.15) is 0 Å². The van der Waals surface area contributed by atoms with Crippen LogP contribution < -0.4 is 0 Å². The Morgan fingerprint density at radius 2 is 1.83 bits per heavy atom. The third kappa shape index (κ3) is 2.04. The Balaban J connectivity index is 1.59. The van der Waals surface area contributed by atoms with E-state index in [9.17, 15) is 9.59 Å². The van der Waals surface area contributed by atoms with Crippen molar-refractivity contribution in [3.05, 3.63) is 53.0 Å². The van der Waals surface area contributed by atoms with Gasteiger partial charge in [-0.3, -0.25) is 19.6 Å². The molecular formula is C16H15N5O2. The Labute approximate surface area is 131 Å². The molecule has 1 aliphatic rings. The molecule has 0 saturated carbocycles. The zero-order valence-electron chi connectivity index (χ0n) is 12.8. The van der Waals surface area contributed by atoms with E-state index in [-0.39, 0.29) is 24.3 Å². The van der Waals surface area contributed by atoms with Gasteiger partial charge in [-0.1, -0.05) is 19.1 Å². The highest BCUT2D eigenvalue weighted by Gasteiger charge is 2.36. The van der Waals surface area contributed by atoms with Crippen LogP contribution in [0.2, 0.25) is 0 Å². The number of nitrogens with one attached hydrogen (secondary N) is 1. The molecule has 7 heteroatoms. The average Bonchev–Trinajstić information content (AvgIpc) is 3.14. The lowest BCUT2D eigenvalue weighted by Crippen LogP contribution is -2.33. The molecule has 1 aromatic carbocycles. The zero-order valence-corrected chi connectivity index (χ0v) is 12.8. The predicted molar refractivity (Wildman–Crippen MR) is 82.3 cm³/mol. The number of aromatic nitrogens is 4. The number of carbonyl (C=O) groups excluding carboxylic acids is 2. The van der Waals surface area contributed by atoms with Crippen molar-refractivity contribution in [1.82, 2.24) is 24.7 Å². The van der Waals surface area contributed by atoms with Crippen molar-refractivity contribution in [2.75, 3.05) is 6.54 Å². The smallest absolute Gasteiger partial charge is 0.261 e. The summed E-state index contributed by atoms with van der Waals surface area (Å²) >= 11 is 0. The number of imide groups is 1. The predicted octanol–water partition coefficient (Wildman–Crippen LogP) is 1.77. The fourth-order valence-corrected chi connectivity index (χ4v) is 2.88. The van der Waals surface area contributed by atoms with E-state index in [2.05, 4.69) is 15.2 Å². The van der Waals surface area contributed by atoms with Crippen molar-refractivity contribution < 1.29 is 9.59 Å². The number of aromatic amines is 1. The first-order valence-corrected chi connectivity index (χ1v) is 7.42. The first-order chi connectivity index (χ1) is 11.0. The SMILES string of the molecule is Cc1cc2nc(C(C)CN3C(=O)c4ccccc4C3=O)nn2[nH]1. The van der Waals surface area contributed by atoms with E-state index in [1.54, 1.807) is 28.9 Å². The summed E-state index contributed by atoms with van der Waals surface area (Å²) in [7, 11) is 0. The summed E-state index contributed by atoms with van der Waals surface area (Å²) in [6.07, 6.45) is 0. The number of benzene rings is 1. The molecule has 23 heavy (non-hydrogen) atoms. The monoisotopic (exact) mass is 309 g/mol. The summed E-state index contributed by atoms with van der Waals surface area (Å²) in [5.74, 6) is -0.0465. The quantitative estimate of drug-likeness (QED) is 0.747. The zero-order chi connectivity index (χ0) is 16.1. The minimum atomic E-state index is -0.252. The lowest BCUT2D eigenvalue weighted by Gasteiger charge is -2.17. The second-order valence-electron chi connectivity index (χ2n) is 5.85. The van der Waals surface area contributed by atoms with Gasteiger partial charge in [0, 0.05) is 24.2 Å². The van der Waals surface area contributed by atoms with Gasteiger partial charge in [-0.15, -0.1) is 5.10 Å². The number of fused-ring (bicyclic) bond motifs is 2. The molecule has 2 aromatic heterocycles. The molecule has 0 bridgehead atoms. The van der Waals surface area contributed by atoms with Crippen molar-refractivity contribution in [2.24, 2.45) is 0 Å². The molecule has 0 aliphatic carbocycles. The Morgan fingerprint density at radius 3 is 2.43 bits per heavy atom. The van der Waals surface area contributed by atoms with E-state index < -0.39 is 0 Å². The number of aryl methyl sites for hydroxylation is 1. The number of rotatable bonds is 3. The van der Waals surface area contributed by atoms with Crippen molar-refractivity contribution in [3.8, 4) is 0 Å². The number of carbonyl (C=O) groups is 2. The molecule has 1 aliphatic heterocycles. The lowest BCUT2D eigenvalue weighted by molar-refractivity contribution is 0.0645. The highest BCUT2D eigenvalue weighted by atomic mass is 16.2. The molecule has 0 saturated heterocycles. The molecule has 0 spiro atoms. The van der Waals surface area contributed by atoms with E-state index in [0.717, 1.165) is 11.3 Å². The van der Waals surface area contributed by atoms with Crippen LogP contribution in [0.25, 0.3) is 5.65 Å². The number of nitrogens with zero attached hydrogens (tertiary/aromatic N) is 4. The van der Waals surface area contributed by atoms with Gasteiger partial charge < -0.3 is 0 Å². The number of H-pyrrole nitrogens is 1. The largest absolute Gasteiger partial charge is 0.281 e. The summed E-state index contributed by atoms with van der Waals surface area (Å²) in [5.41, 5.74) is 2.63. The summed E-state index contributed by atoms with van der Waals surface area (Å²) < 4.78 is 1.60. The van der Waals surface area contributed by atoms with Gasteiger partial charge in [-0.25, -0.2) is 4.98 Å². The molecule has 0 radical (unpaired) electrons. The summed E-state index contributed by atoms with van der Waals surface area (Å²) in [6.45, 7) is 4.10. The van der Waals surface area contributed by atoms with Gasteiger partial charge in [0.25, 0.3) is 11.8 Å². The Kier molecular flexibility index (Phi) is 2.84. The van der Waals surface area contributed by atoms with E-state index in [4.69, 9.17) is 0 Å². The molecule has 4 rings (SSSR count). The minimum Gasteiger partial charge on any atom is -0.281 e. The number of hydrogen-bond donors (Lipinski definition) is 1. The van der Waals surface area contributed by atoms with E-state index in [1.165, 1.54) is 4.90 Å². The molecule has 7 nitrogen and oxygen atoms in total. The molecular weight excluding hydrogens is 294 g/mol. The van der Waals surface area contributed by atoms with E-state index >= 15 is 0 Å². The Morgan fingerprint density at radius 1 is 1.17 bits per heavy atom. The van der Waals surface area contributed by atoms with Crippen LogP contribution >= 0.6 is 0 Å². The third-order valence-corrected chi connectivity index (χ3v) is 4.05. The van der Waals surface area contributed by atoms with Crippen molar-refractivity contribution in [1.29, 1.82) is 0 Å². The van der Waals surface area contributed by atoms with Crippen LogP contribution in [0.4, 0.5) is 0 Å². The van der Waals surface area contributed by atoms with Crippen LogP contribution in [-0.2, 0) is 0 Å². The number of amides is 2. The fraction of sp³-hybridized carbons (Fsp3) is 0.250. The van der Waals surface area contributed by atoms with Crippen LogP contribution in [0.3, 0.4) is 0 Å². The molecule has 3 aromatic rings. The third-order valence-electron chi connectivity index (χ3n) is 4.05. The molecule has 0 fully saturated rings. The van der Waals surface area contributed by atoms with Crippen molar-refractivity contribution in [2.45, 2.75) is 19.8 Å². The fourth-order valence-electron chi connectivity index (χ4n) is 2.88. The lowest BCUT2D eigenvalue weighted by atomic mass is 10.1. The average molecular weight is 309 g/mol. The van der Waals surface area contributed by atoms with Crippen molar-refractivity contribution >= 4 is 17.5 Å². The normalized spacial score (nSPS) is 15.5. The summed E-state index contributed by atoms with van der Waals surface area (Å²) in [5, 5.41) is 7.43. The molecule has 1 N–H and O–H groups in total. The van der Waals surface area contributed by atoms with Gasteiger partial charge in [0.05, 0.1) is 11.1 Å².